The summed E-state index contributed by atoms with van der Waals surface area (Å²) >= 11 is 7.78. The monoisotopic (exact) mass is 354 g/mol. The highest BCUT2D eigenvalue weighted by molar-refractivity contribution is 7.17. The number of aromatic nitrogens is 1. The van der Waals surface area contributed by atoms with Crippen molar-refractivity contribution in [3.63, 3.8) is 0 Å². The van der Waals surface area contributed by atoms with Gasteiger partial charge in [-0.1, -0.05) is 41.9 Å². The molecule has 2 aromatic carbocycles. The van der Waals surface area contributed by atoms with E-state index in [1.807, 2.05) is 42.6 Å². The lowest BCUT2D eigenvalue weighted by Crippen LogP contribution is -2.05. The molecule has 4 rings (SSSR count). The SMILES string of the molecule is CC(N)c1ccc(-c2ccc(Cl)c3[nH]c(=O)c4sccc4c23)cc1. The predicted molar refractivity (Wildman–Crippen MR) is 103 cm³/mol. The quantitative estimate of drug-likeness (QED) is 0.527. The zero-order chi connectivity index (χ0) is 16.8. The van der Waals surface area contributed by atoms with E-state index in [0.29, 0.717) is 10.5 Å². The van der Waals surface area contributed by atoms with E-state index in [2.05, 4.69) is 17.1 Å². The number of rotatable bonds is 2. The zero-order valence-electron chi connectivity index (χ0n) is 13.0. The fourth-order valence-electron chi connectivity index (χ4n) is 3.04. The second-order valence-electron chi connectivity index (χ2n) is 5.87. The van der Waals surface area contributed by atoms with Crippen molar-refractivity contribution >= 4 is 43.9 Å². The highest BCUT2D eigenvalue weighted by Crippen LogP contribution is 2.37. The molecule has 24 heavy (non-hydrogen) atoms. The Bertz CT molecular complexity index is 1110. The molecule has 120 valence electrons. The van der Waals surface area contributed by atoms with Crippen molar-refractivity contribution in [2.24, 2.45) is 5.73 Å². The number of aromatic amines is 1. The standard InChI is InChI=1S/C19H15ClN2OS/c1-10(21)11-2-4-12(5-3-11)13-6-7-15(20)17-16(13)14-8-9-24-18(14)19(23)22-17/h2-10H,21H2,1H3,(H,22,23). The van der Waals surface area contributed by atoms with Crippen LogP contribution in [0.3, 0.4) is 0 Å². The molecular formula is C19H15ClN2OS. The topological polar surface area (TPSA) is 58.9 Å². The number of hydrogen-bond acceptors (Lipinski definition) is 3. The average molecular weight is 355 g/mol. The maximum Gasteiger partial charge on any atom is 0.266 e. The molecule has 0 bridgehead atoms. The molecule has 0 aliphatic rings. The van der Waals surface area contributed by atoms with Gasteiger partial charge in [0.2, 0.25) is 0 Å². The molecule has 0 spiro atoms. The van der Waals surface area contributed by atoms with Crippen LogP contribution in [0.5, 0.6) is 0 Å². The van der Waals surface area contributed by atoms with Crippen LogP contribution in [0.1, 0.15) is 18.5 Å². The van der Waals surface area contributed by atoms with Gasteiger partial charge in [0, 0.05) is 16.8 Å². The Morgan fingerprint density at radius 2 is 1.88 bits per heavy atom. The van der Waals surface area contributed by atoms with Gasteiger partial charge in [0.05, 0.1) is 10.5 Å². The molecule has 0 amide bonds. The summed E-state index contributed by atoms with van der Waals surface area (Å²) in [7, 11) is 0. The molecule has 3 N–H and O–H groups in total. The largest absolute Gasteiger partial charge is 0.324 e. The fraction of sp³-hybridized carbons (Fsp3) is 0.105. The zero-order valence-corrected chi connectivity index (χ0v) is 14.5. The molecule has 0 saturated heterocycles. The van der Waals surface area contributed by atoms with E-state index < -0.39 is 0 Å². The Balaban J connectivity index is 2.07. The van der Waals surface area contributed by atoms with Gasteiger partial charge in [-0.3, -0.25) is 4.79 Å². The van der Waals surface area contributed by atoms with Crippen LogP contribution in [0, 0.1) is 0 Å². The van der Waals surface area contributed by atoms with Crippen molar-refractivity contribution in [3.8, 4) is 11.1 Å². The summed E-state index contributed by atoms with van der Waals surface area (Å²) in [5.74, 6) is 0. The first kappa shape index (κ1) is 15.4. The van der Waals surface area contributed by atoms with E-state index in [1.165, 1.54) is 11.3 Å². The van der Waals surface area contributed by atoms with E-state index >= 15 is 0 Å². The van der Waals surface area contributed by atoms with Gasteiger partial charge in [0.15, 0.2) is 0 Å². The maximum atomic E-state index is 12.3. The lowest BCUT2D eigenvalue weighted by atomic mass is 9.97. The van der Waals surface area contributed by atoms with E-state index in [9.17, 15) is 4.79 Å². The molecule has 0 fully saturated rings. The number of hydrogen-bond donors (Lipinski definition) is 2. The minimum Gasteiger partial charge on any atom is -0.324 e. The van der Waals surface area contributed by atoms with Crippen molar-refractivity contribution < 1.29 is 0 Å². The smallest absolute Gasteiger partial charge is 0.266 e. The summed E-state index contributed by atoms with van der Waals surface area (Å²) in [5, 5.41) is 4.40. The minimum atomic E-state index is -0.0983. The van der Waals surface area contributed by atoms with Crippen LogP contribution in [-0.2, 0) is 0 Å². The third-order valence-electron chi connectivity index (χ3n) is 4.28. The molecule has 2 aromatic heterocycles. The summed E-state index contributed by atoms with van der Waals surface area (Å²) in [6, 6.07) is 14.0. The van der Waals surface area contributed by atoms with Crippen molar-refractivity contribution in [1.29, 1.82) is 0 Å². The summed E-state index contributed by atoms with van der Waals surface area (Å²) < 4.78 is 0.721. The van der Waals surface area contributed by atoms with Crippen LogP contribution in [0.25, 0.3) is 32.1 Å². The summed E-state index contributed by atoms with van der Waals surface area (Å²) in [6.45, 7) is 1.96. The Labute approximate surface area is 147 Å². The summed E-state index contributed by atoms with van der Waals surface area (Å²) in [4.78, 5) is 15.2. The summed E-state index contributed by atoms with van der Waals surface area (Å²) in [5.41, 5.74) is 9.72. The van der Waals surface area contributed by atoms with Gasteiger partial charge in [-0.05, 0) is 41.1 Å². The lowest BCUT2D eigenvalue weighted by molar-refractivity contribution is 0.818. The number of nitrogens with one attached hydrogen (secondary N) is 1. The van der Waals surface area contributed by atoms with E-state index in [-0.39, 0.29) is 11.6 Å². The van der Waals surface area contributed by atoms with Crippen molar-refractivity contribution in [2.75, 3.05) is 0 Å². The molecule has 0 aliphatic carbocycles. The van der Waals surface area contributed by atoms with Crippen LogP contribution in [0.4, 0.5) is 0 Å². The van der Waals surface area contributed by atoms with Crippen LogP contribution in [0.2, 0.25) is 5.02 Å². The Morgan fingerprint density at radius 1 is 1.12 bits per heavy atom. The van der Waals surface area contributed by atoms with Gasteiger partial charge in [-0.15, -0.1) is 11.3 Å². The van der Waals surface area contributed by atoms with Gasteiger partial charge in [-0.25, -0.2) is 0 Å². The number of fused-ring (bicyclic) bond motifs is 3. The molecule has 1 atom stereocenters. The van der Waals surface area contributed by atoms with Gasteiger partial charge in [-0.2, -0.15) is 0 Å². The first-order chi connectivity index (χ1) is 11.6. The van der Waals surface area contributed by atoms with Crippen LogP contribution >= 0.6 is 22.9 Å². The van der Waals surface area contributed by atoms with Crippen molar-refractivity contribution in [2.45, 2.75) is 13.0 Å². The molecule has 0 aliphatic heterocycles. The van der Waals surface area contributed by atoms with Crippen LogP contribution in [-0.4, -0.2) is 4.98 Å². The number of nitrogens with two attached hydrogens (primary N) is 1. The number of thiophene rings is 1. The molecule has 3 nitrogen and oxygen atoms in total. The van der Waals surface area contributed by atoms with E-state index in [4.69, 9.17) is 17.3 Å². The van der Waals surface area contributed by atoms with Gasteiger partial charge < -0.3 is 10.7 Å². The maximum absolute atomic E-state index is 12.3. The highest BCUT2D eigenvalue weighted by atomic mass is 35.5. The number of halogens is 1. The fourth-order valence-corrected chi connectivity index (χ4v) is 4.04. The third kappa shape index (κ3) is 2.35. The number of benzene rings is 2. The molecule has 0 radical (unpaired) electrons. The minimum absolute atomic E-state index is 0.000877. The molecule has 4 aromatic rings. The lowest BCUT2D eigenvalue weighted by Gasteiger charge is -2.11. The molecule has 0 saturated carbocycles. The van der Waals surface area contributed by atoms with Crippen LogP contribution in [0.15, 0.2) is 52.6 Å². The Hall–Kier alpha value is -2.14. The molecule has 1 unspecified atom stereocenters. The molecular weight excluding hydrogens is 340 g/mol. The first-order valence-electron chi connectivity index (χ1n) is 7.64. The van der Waals surface area contributed by atoms with Gasteiger partial charge >= 0.3 is 0 Å². The van der Waals surface area contributed by atoms with Gasteiger partial charge in [0.25, 0.3) is 5.56 Å². The van der Waals surface area contributed by atoms with E-state index in [1.54, 1.807) is 0 Å². The third-order valence-corrected chi connectivity index (χ3v) is 5.51. The van der Waals surface area contributed by atoms with Crippen molar-refractivity contribution in [1.82, 2.24) is 4.98 Å². The predicted octanol–water partition coefficient (Wildman–Crippen LogP) is 5.08. The second kappa shape index (κ2) is 5.74. The second-order valence-corrected chi connectivity index (χ2v) is 7.20. The summed E-state index contributed by atoms with van der Waals surface area (Å²) in [6.07, 6.45) is 0. The average Bonchev–Trinajstić information content (AvgIpc) is 3.06. The Kier molecular flexibility index (Phi) is 3.68. The van der Waals surface area contributed by atoms with E-state index in [0.717, 1.165) is 32.2 Å². The molecule has 5 heteroatoms. The molecule has 2 heterocycles. The highest BCUT2D eigenvalue weighted by Gasteiger charge is 2.14. The number of H-pyrrole nitrogens is 1. The first-order valence-corrected chi connectivity index (χ1v) is 8.89. The van der Waals surface area contributed by atoms with Crippen LogP contribution < -0.4 is 11.3 Å². The van der Waals surface area contributed by atoms with Gasteiger partial charge in [0.1, 0.15) is 4.70 Å². The Morgan fingerprint density at radius 3 is 2.58 bits per heavy atom. The number of pyridine rings is 1. The van der Waals surface area contributed by atoms with Crippen molar-refractivity contribution in [3.05, 3.63) is 68.8 Å². The normalized spacial score (nSPS) is 12.8.